The molecule has 5 nitrogen and oxygen atoms in total. The zero-order valence-electron chi connectivity index (χ0n) is 14.0. The smallest absolute Gasteiger partial charge is 0.229 e. The van der Waals surface area contributed by atoms with Crippen molar-refractivity contribution in [1.82, 2.24) is 10.2 Å². The molecule has 4 aliphatic carbocycles. The molecule has 4 saturated carbocycles. The van der Waals surface area contributed by atoms with E-state index in [-0.39, 0.29) is 27.5 Å². The van der Waals surface area contributed by atoms with E-state index < -0.39 is 0 Å². The number of nitrogens with one attached hydrogen (secondary N) is 1. The molecule has 5 fully saturated rings. The summed E-state index contributed by atoms with van der Waals surface area (Å²) in [5.41, 5.74) is 0.164. The molecule has 1 saturated heterocycles. The Hall–Kier alpha value is -0.910. The predicted octanol–water partition coefficient (Wildman–Crippen LogP) is 2.38. The van der Waals surface area contributed by atoms with E-state index in [0.717, 1.165) is 18.3 Å². The van der Waals surface area contributed by atoms with Crippen molar-refractivity contribution in [2.24, 2.45) is 17.3 Å². The highest BCUT2D eigenvalue weighted by Gasteiger charge is 2.57. The summed E-state index contributed by atoms with van der Waals surface area (Å²) >= 11 is 3.98. The van der Waals surface area contributed by atoms with Gasteiger partial charge in [-0.05, 0) is 55.8 Å². The lowest BCUT2D eigenvalue weighted by Gasteiger charge is -2.60. The first-order valence-electron chi connectivity index (χ1n) is 9.15. The molecule has 0 spiro atoms. The third-order valence-electron chi connectivity index (χ3n) is 6.46. The van der Waals surface area contributed by atoms with Gasteiger partial charge in [0, 0.05) is 36.7 Å². The van der Waals surface area contributed by atoms with E-state index in [1.54, 1.807) is 0 Å². The van der Waals surface area contributed by atoms with Gasteiger partial charge in [0.2, 0.25) is 17.7 Å². The van der Waals surface area contributed by atoms with E-state index in [1.165, 1.54) is 37.0 Å². The molecule has 1 heterocycles. The average Bonchev–Trinajstić information content (AvgIpc) is 2.75. The van der Waals surface area contributed by atoms with Crippen molar-refractivity contribution < 1.29 is 14.4 Å². The van der Waals surface area contributed by atoms with Crippen LogP contribution in [0, 0.1) is 17.3 Å². The number of imide groups is 1. The van der Waals surface area contributed by atoms with Crippen LogP contribution < -0.4 is 5.32 Å². The van der Waals surface area contributed by atoms with Crippen molar-refractivity contribution in [1.29, 1.82) is 0 Å². The summed E-state index contributed by atoms with van der Waals surface area (Å²) in [6, 6.07) is 0. The number of hydrogen-bond donors (Lipinski definition) is 1. The molecule has 6 heteroatoms. The summed E-state index contributed by atoms with van der Waals surface area (Å²) in [4.78, 5) is 36.9. The van der Waals surface area contributed by atoms with Crippen LogP contribution in [-0.2, 0) is 14.4 Å². The van der Waals surface area contributed by atoms with Gasteiger partial charge in [0.25, 0.3) is 0 Å². The van der Waals surface area contributed by atoms with Gasteiger partial charge in [-0.3, -0.25) is 19.3 Å². The molecular formula is C18H25BrN2O3. The minimum Gasteiger partial charge on any atom is -0.354 e. The highest BCUT2D eigenvalue weighted by molar-refractivity contribution is 9.10. The Balaban J connectivity index is 1.30. The van der Waals surface area contributed by atoms with E-state index in [2.05, 4.69) is 21.2 Å². The van der Waals surface area contributed by atoms with Crippen LogP contribution in [0.2, 0.25) is 0 Å². The summed E-state index contributed by atoms with van der Waals surface area (Å²) in [6.45, 7) is 0.683. The number of likely N-dealkylation sites (tertiary alicyclic amines) is 1. The van der Waals surface area contributed by atoms with Gasteiger partial charge in [-0.2, -0.15) is 0 Å². The maximum absolute atomic E-state index is 12.5. The van der Waals surface area contributed by atoms with E-state index >= 15 is 0 Å². The first-order chi connectivity index (χ1) is 11.4. The van der Waals surface area contributed by atoms with Crippen LogP contribution in [0.15, 0.2) is 0 Å². The molecule has 0 aromatic carbocycles. The second-order valence-electron chi connectivity index (χ2n) is 8.58. The Kier molecular flexibility index (Phi) is 4.01. The molecule has 0 aromatic rings. The second-order valence-corrected chi connectivity index (χ2v) is 10.3. The number of rotatable bonds is 5. The van der Waals surface area contributed by atoms with Gasteiger partial charge >= 0.3 is 0 Å². The van der Waals surface area contributed by atoms with Crippen LogP contribution in [0.4, 0.5) is 0 Å². The Labute approximate surface area is 151 Å². The van der Waals surface area contributed by atoms with Crippen molar-refractivity contribution in [3.05, 3.63) is 0 Å². The number of amides is 3. The summed E-state index contributed by atoms with van der Waals surface area (Å²) in [7, 11) is 0. The van der Waals surface area contributed by atoms with Crippen LogP contribution >= 0.6 is 15.9 Å². The third kappa shape index (κ3) is 3.02. The monoisotopic (exact) mass is 396 g/mol. The molecule has 0 radical (unpaired) electrons. The van der Waals surface area contributed by atoms with E-state index in [9.17, 15) is 14.4 Å². The molecule has 24 heavy (non-hydrogen) atoms. The van der Waals surface area contributed by atoms with Crippen molar-refractivity contribution in [2.45, 2.75) is 62.1 Å². The highest BCUT2D eigenvalue weighted by Crippen LogP contribution is 2.65. The molecule has 4 bridgehead atoms. The number of carbonyl (C=O) groups is 3. The van der Waals surface area contributed by atoms with Crippen molar-refractivity contribution in [2.75, 3.05) is 13.1 Å². The summed E-state index contributed by atoms with van der Waals surface area (Å²) in [5, 5.41) is 2.94. The molecule has 1 aliphatic heterocycles. The number of carbonyl (C=O) groups excluding carboxylic acids is 3. The first kappa shape index (κ1) is 16.6. The molecule has 5 aliphatic rings. The zero-order valence-corrected chi connectivity index (χ0v) is 15.6. The number of alkyl halides is 1. The molecule has 1 N–H and O–H groups in total. The number of hydrogen-bond acceptors (Lipinski definition) is 3. The van der Waals surface area contributed by atoms with Gasteiger partial charge in [0.05, 0.1) is 0 Å². The molecular weight excluding hydrogens is 372 g/mol. The normalized spacial score (nSPS) is 40.5. The second kappa shape index (κ2) is 5.82. The minimum atomic E-state index is -0.114. The fourth-order valence-electron chi connectivity index (χ4n) is 6.13. The van der Waals surface area contributed by atoms with E-state index in [1.807, 2.05) is 0 Å². The lowest BCUT2D eigenvalue weighted by molar-refractivity contribution is -0.139. The standard InChI is InChI=1S/C18H25BrN2O3/c19-18-8-12-5-13(9-18)7-17(6-12,11-18)10-14(22)20-3-4-21-15(23)1-2-16(21)24/h12-13H,1-11H2,(H,20,22). The predicted molar refractivity (Wildman–Crippen MR) is 92.4 cm³/mol. The lowest BCUT2D eigenvalue weighted by Crippen LogP contribution is -2.54. The molecule has 0 aromatic heterocycles. The Morgan fingerprint density at radius 3 is 2.33 bits per heavy atom. The van der Waals surface area contributed by atoms with Crippen LogP contribution in [0.1, 0.15) is 57.8 Å². The van der Waals surface area contributed by atoms with Gasteiger partial charge < -0.3 is 5.32 Å². The quantitative estimate of drug-likeness (QED) is 0.572. The molecule has 3 amide bonds. The fourth-order valence-corrected chi connectivity index (χ4v) is 7.64. The highest BCUT2D eigenvalue weighted by atomic mass is 79.9. The molecule has 2 atom stereocenters. The van der Waals surface area contributed by atoms with E-state index in [0.29, 0.717) is 32.4 Å². The van der Waals surface area contributed by atoms with Crippen LogP contribution in [-0.4, -0.2) is 40.0 Å². The number of nitrogens with zero attached hydrogens (tertiary/aromatic N) is 1. The Bertz CT molecular complexity index is 561. The molecule has 5 rings (SSSR count). The SMILES string of the molecule is O=C(CC12CC3CC(CC(Br)(C3)C1)C2)NCCN1C(=O)CCC1=O. The van der Waals surface area contributed by atoms with Gasteiger partial charge in [-0.25, -0.2) is 0 Å². The van der Waals surface area contributed by atoms with Gasteiger partial charge in [0.1, 0.15) is 0 Å². The maximum Gasteiger partial charge on any atom is 0.229 e. The average molecular weight is 397 g/mol. The minimum absolute atomic E-state index is 0.0761. The largest absolute Gasteiger partial charge is 0.354 e. The molecule has 2 unspecified atom stereocenters. The van der Waals surface area contributed by atoms with Crippen molar-refractivity contribution >= 4 is 33.7 Å². The number of halogens is 1. The Morgan fingerprint density at radius 2 is 1.75 bits per heavy atom. The van der Waals surface area contributed by atoms with Crippen molar-refractivity contribution in [3.63, 3.8) is 0 Å². The lowest BCUT2D eigenvalue weighted by atomic mass is 9.48. The van der Waals surface area contributed by atoms with Gasteiger partial charge in [-0.15, -0.1) is 0 Å². The maximum atomic E-state index is 12.5. The third-order valence-corrected chi connectivity index (χ3v) is 7.39. The summed E-state index contributed by atoms with van der Waals surface area (Å²) in [6.07, 6.45) is 8.59. The van der Waals surface area contributed by atoms with Crippen molar-refractivity contribution in [3.8, 4) is 0 Å². The Morgan fingerprint density at radius 1 is 1.12 bits per heavy atom. The molecule has 132 valence electrons. The van der Waals surface area contributed by atoms with Crippen LogP contribution in [0.5, 0.6) is 0 Å². The zero-order chi connectivity index (χ0) is 16.9. The summed E-state index contributed by atoms with van der Waals surface area (Å²) < 4.78 is 0.270. The fraction of sp³-hybridized carbons (Fsp3) is 0.833. The summed E-state index contributed by atoms with van der Waals surface area (Å²) in [5.74, 6) is 1.40. The van der Waals surface area contributed by atoms with E-state index in [4.69, 9.17) is 0 Å². The first-order valence-corrected chi connectivity index (χ1v) is 9.95. The van der Waals surface area contributed by atoms with Gasteiger partial charge in [-0.1, -0.05) is 15.9 Å². The van der Waals surface area contributed by atoms with Crippen LogP contribution in [0.3, 0.4) is 0 Å². The van der Waals surface area contributed by atoms with Gasteiger partial charge in [0.15, 0.2) is 0 Å². The topological polar surface area (TPSA) is 66.5 Å². The van der Waals surface area contributed by atoms with Crippen LogP contribution in [0.25, 0.3) is 0 Å².